The molecule has 0 aliphatic heterocycles. The van der Waals surface area contributed by atoms with Gasteiger partial charge in [-0.1, -0.05) is 18.2 Å². The fraction of sp³-hybridized carbons (Fsp3) is 0.0556. The highest BCUT2D eigenvalue weighted by Gasteiger charge is 2.29. The minimum absolute atomic E-state index is 0.0299. The van der Waals surface area contributed by atoms with Crippen LogP contribution in [0.25, 0.3) is 21.9 Å². The van der Waals surface area contributed by atoms with Crippen LogP contribution in [0.2, 0.25) is 0 Å². The first-order valence-electron chi connectivity index (χ1n) is 7.52. The highest BCUT2D eigenvalue weighted by molar-refractivity contribution is 7.87. The number of fused-ring (bicyclic) bond motifs is 2. The molecule has 0 N–H and O–H groups in total. The second-order valence-corrected chi connectivity index (χ2v) is 6.86. The largest absolute Gasteiger partial charge is 0.490 e. The van der Waals surface area contributed by atoms with Gasteiger partial charge in [-0.25, -0.2) is 4.79 Å². The molecule has 0 bridgehead atoms. The zero-order valence-electron chi connectivity index (χ0n) is 13.5. The molecule has 2 aromatic carbocycles. The molecule has 0 amide bonds. The van der Waals surface area contributed by atoms with Gasteiger partial charge >= 0.3 is 15.7 Å². The first-order chi connectivity index (χ1) is 12.5. The lowest BCUT2D eigenvalue weighted by atomic mass is 10.1. The number of ether oxygens (including phenoxy) is 1. The van der Waals surface area contributed by atoms with Gasteiger partial charge in [0.1, 0.15) is 10.6 Å². The Bertz CT molecular complexity index is 1270. The molecule has 0 radical (unpaired) electrons. The van der Waals surface area contributed by atoms with Crippen molar-refractivity contribution in [2.75, 3.05) is 7.11 Å². The van der Waals surface area contributed by atoms with Crippen molar-refractivity contribution < 1.29 is 26.2 Å². The van der Waals surface area contributed by atoms with Crippen molar-refractivity contribution >= 4 is 32.1 Å². The van der Waals surface area contributed by atoms with E-state index in [0.717, 1.165) is 6.07 Å². The van der Waals surface area contributed by atoms with Gasteiger partial charge in [0.15, 0.2) is 11.2 Å². The quantitative estimate of drug-likeness (QED) is 0.400. The van der Waals surface area contributed by atoms with Gasteiger partial charge in [0.25, 0.3) is 0 Å². The Labute approximate surface area is 147 Å². The van der Waals surface area contributed by atoms with Crippen LogP contribution in [0.1, 0.15) is 0 Å². The Morgan fingerprint density at radius 1 is 0.923 bits per heavy atom. The van der Waals surface area contributed by atoms with E-state index >= 15 is 0 Å². The van der Waals surface area contributed by atoms with Crippen LogP contribution in [-0.4, -0.2) is 15.5 Å². The number of rotatable bonds is 4. The Morgan fingerprint density at radius 3 is 2.38 bits per heavy atom. The van der Waals surface area contributed by atoms with Crippen molar-refractivity contribution in [3.05, 3.63) is 65.2 Å². The number of hydrogen-bond acceptors (Lipinski definition) is 7. The minimum Gasteiger partial charge on any atom is -0.490 e. The molecule has 0 saturated carbocycles. The summed E-state index contributed by atoms with van der Waals surface area (Å²) in [5, 5.41) is 0.422. The van der Waals surface area contributed by atoms with Crippen LogP contribution in [0, 0.1) is 0 Å². The normalized spacial score (nSPS) is 11.7. The number of methoxy groups -OCH3 is 1. The average molecular weight is 372 g/mol. The van der Waals surface area contributed by atoms with Crippen LogP contribution in [0.15, 0.2) is 73.3 Å². The molecular formula is C18H12O7S. The van der Waals surface area contributed by atoms with Crippen molar-refractivity contribution in [2.45, 2.75) is 4.90 Å². The van der Waals surface area contributed by atoms with Gasteiger partial charge in [0, 0.05) is 16.8 Å². The van der Waals surface area contributed by atoms with Crippen molar-refractivity contribution in [1.82, 2.24) is 0 Å². The second kappa shape index (κ2) is 5.92. The van der Waals surface area contributed by atoms with Gasteiger partial charge in [0.05, 0.1) is 13.4 Å². The Hall–Kier alpha value is -3.26. The highest BCUT2D eigenvalue weighted by atomic mass is 32.2. The first-order valence-corrected chi connectivity index (χ1v) is 8.92. The van der Waals surface area contributed by atoms with E-state index in [2.05, 4.69) is 0 Å². The molecule has 0 spiro atoms. The maximum atomic E-state index is 13.0. The predicted octanol–water partition coefficient (Wildman–Crippen LogP) is 3.32. The summed E-state index contributed by atoms with van der Waals surface area (Å²) in [7, 11) is -2.88. The van der Waals surface area contributed by atoms with Crippen molar-refractivity contribution in [2.24, 2.45) is 0 Å². The maximum absolute atomic E-state index is 13.0. The van der Waals surface area contributed by atoms with Gasteiger partial charge < -0.3 is 17.8 Å². The zero-order chi connectivity index (χ0) is 18.3. The van der Waals surface area contributed by atoms with Gasteiger partial charge in [-0.3, -0.25) is 0 Å². The molecule has 0 aliphatic rings. The highest BCUT2D eigenvalue weighted by Crippen LogP contribution is 2.41. The van der Waals surface area contributed by atoms with Gasteiger partial charge in [-0.15, -0.1) is 0 Å². The molecule has 0 aliphatic carbocycles. The standard InChI is InChI=1S/C18H12O7S/c1-22-17-15-13(9-10-23-15)18(12-7-8-14(19)24-16(12)17)26(20,21)25-11-5-3-2-4-6-11/h2-10H,1H3. The maximum Gasteiger partial charge on any atom is 0.340 e. The molecule has 0 atom stereocenters. The van der Waals surface area contributed by atoms with Gasteiger partial charge in [0.2, 0.25) is 5.75 Å². The van der Waals surface area contributed by atoms with Gasteiger partial charge in [-0.2, -0.15) is 8.42 Å². The lowest BCUT2D eigenvalue weighted by molar-refractivity contribution is 0.402. The first kappa shape index (κ1) is 16.2. The summed E-state index contributed by atoms with van der Waals surface area (Å²) in [6, 6.07) is 12.1. The van der Waals surface area contributed by atoms with E-state index in [-0.39, 0.29) is 38.3 Å². The summed E-state index contributed by atoms with van der Waals surface area (Å²) < 4.78 is 47.1. The van der Waals surface area contributed by atoms with E-state index in [1.54, 1.807) is 18.2 Å². The zero-order valence-corrected chi connectivity index (χ0v) is 14.3. The van der Waals surface area contributed by atoms with E-state index in [9.17, 15) is 13.2 Å². The molecule has 0 fully saturated rings. The SMILES string of the molecule is COc1c2occc2c(S(=O)(=O)Oc2ccccc2)c2ccc(=O)oc12. The molecule has 4 aromatic rings. The molecule has 2 aromatic heterocycles. The summed E-state index contributed by atoms with van der Waals surface area (Å²) in [6.45, 7) is 0. The average Bonchev–Trinajstić information content (AvgIpc) is 3.08. The van der Waals surface area contributed by atoms with E-state index < -0.39 is 15.7 Å². The summed E-state index contributed by atoms with van der Waals surface area (Å²) in [5.74, 6) is 0.293. The smallest absolute Gasteiger partial charge is 0.340 e. The van der Waals surface area contributed by atoms with Crippen molar-refractivity contribution in [1.29, 1.82) is 0 Å². The number of benzene rings is 2. The van der Waals surface area contributed by atoms with Gasteiger partial charge in [-0.05, 0) is 24.3 Å². The van der Waals surface area contributed by atoms with Crippen LogP contribution in [0.5, 0.6) is 11.5 Å². The molecule has 2 heterocycles. The Balaban J connectivity index is 2.08. The lowest BCUT2D eigenvalue weighted by Gasteiger charge is -2.12. The third-order valence-corrected chi connectivity index (χ3v) is 5.16. The fourth-order valence-electron chi connectivity index (χ4n) is 2.78. The second-order valence-electron chi connectivity index (χ2n) is 5.37. The third kappa shape index (κ3) is 2.51. The number of furan rings is 1. The van der Waals surface area contributed by atoms with E-state index in [0.29, 0.717) is 0 Å². The Kier molecular flexibility index (Phi) is 3.69. The van der Waals surface area contributed by atoms with Crippen LogP contribution in [0.4, 0.5) is 0 Å². The number of para-hydroxylation sites is 1. The van der Waals surface area contributed by atoms with Crippen LogP contribution in [0.3, 0.4) is 0 Å². The molecule has 7 nitrogen and oxygen atoms in total. The van der Waals surface area contributed by atoms with E-state index in [4.69, 9.17) is 17.8 Å². The van der Waals surface area contributed by atoms with Crippen molar-refractivity contribution in [3.63, 3.8) is 0 Å². The molecule has 8 heteroatoms. The summed E-state index contributed by atoms with van der Waals surface area (Å²) in [5.41, 5.74) is -0.531. The molecule has 4 rings (SSSR count). The monoisotopic (exact) mass is 372 g/mol. The van der Waals surface area contributed by atoms with Crippen LogP contribution >= 0.6 is 0 Å². The molecule has 0 saturated heterocycles. The molecule has 26 heavy (non-hydrogen) atoms. The number of hydrogen-bond donors (Lipinski definition) is 0. The Morgan fingerprint density at radius 2 is 1.65 bits per heavy atom. The molecule has 132 valence electrons. The summed E-state index contributed by atoms with van der Waals surface area (Å²) in [4.78, 5) is 11.5. The van der Waals surface area contributed by atoms with Crippen LogP contribution in [-0.2, 0) is 10.1 Å². The van der Waals surface area contributed by atoms with E-state index in [1.165, 1.54) is 37.6 Å². The topological polar surface area (TPSA) is 96.0 Å². The summed E-state index contributed by atoms with van der Waals surface area (Å²) >= 11 is 0. The lowest BCUT2D eigenvalue weighted by Crippen LogP contribution is -2.11. The predicted molar refractivity (Wildman–Crippen MR) is 93.1 cm³/mol. The van der Waals surface area contributed by atoms with E-state index in [1.807, 2.05) is 0 Å². The molecule has 0 unspecified atom stereocenters. The molecular weight excluding hydrogens is 360 g/mol. The third-order valence-electron chi connectivity index (χ3n) is 3.80. The fourth-order valence-corrected chi connectivity index (χ4v) is 4.08. The van der Waals surface area contributed by atoms with Crippen LogP contribution < -0.4 is 14.5 Å². The minimum atomic E-state index is -4.25. The summed E-state index contributed by atoms with van der Waals surface area (Å²) in [6.07, 6.45) is 1.33. The van der Waals surface area contributed by atoms with Crippen molar-refractivity contribution in [3.8, 4) is 11.5 Å².